The van der Waals surface area contributed by atoms with Crippen LogP contribution in [0, 0.1) is 0 Å². The third-order valence-corrected chi connectivity index (χ3v) is 5.23. The van der Waals surface area contributed by atoms with Crippen molar-refractivity contribution in [2.24, 2.45) is 5.73 Å². The number of carbonyl (C=O) groups excluding carboxylic acids is 4. The fourth-order valence-corrected chi connectivity index (χ4v) is 3.19. The molecular formula is C26H39NO9. The molecule has 0 unspecified atom stereocenters. The first-order chi connectivity index (χ1) is 17.2. The second kappa shape index (κ2) is 16.5. The number of nitrogens with two attached hydrogens (primary N) is 1. The van der Waals surface area contributed by atoms with Crippen LogP contribution in [0.3, 0.4) is 0 Å². The van der Waals surface area contributed by atoms with Crippen LogP contribution in [0.25, 0.3) is 0 Å². The van der Waals surface area contributed by atoms with Crippen LogP contribution in [-0.4, -0.2) is 49.9 Å². The Kier molecular flexibility index (Phi) is 14.2. The van der Waals surface area contributed by atoms with E-state index in [1.54, 1.807) is 6.07 Å². The Balaban J connectivity index is 3.09. The SMILES string of the molecule is CCCCC(=O)Oc1ccc(C[C@](N)(CCOC(=O)OCCC)C(=O)OC)cc1OC(=O)CCCC. The van der Waals surface area contributed by atoms with Crippen molar-refractivity contribution >= 4 is 24.1 Å². The molecule has 0 aromatic heterocycles. The number of hydrogen-bond acceptors (Lipinski definition) is 10. The van der Waals surface area contributed by atoms with Crippen molar-refractivity contribution in [2.45, 2.75) is 84.1 Å². The van der Waals surface area contributed by atoms with Gasteiger partial charge in [0.25, 0.3) is 0 Å². The van der Waals surface area contributed by atoms with Crippen molar-refractivity contribution < 1.29 is 42.9 Å². The number of hydrogen-bond donors (Lipinski definition) is 1. The van der Waals surface area contributed by atoms with Crippen molar-refractivity contribution in [3.63, 3.8) is 0 Å². The third-order valence-electron chi connectivity index (χ3n) is 5.23. The fraction of sp³-hybridized carbons (Fsp3) is 0.615. The summed E-state index contributed by atoms with van der Waals surface area (Å²) in [5, 5.41) is 0. The summed E-state index contributed by atoms with van der Waals surface area (Å²) in [5.74, 6) is -1.45. The summed E-state index contributed by atoms with van der Waals surface area (Å²) >= 11 is 0. The number of rotatable bonds is 16. The van der Waals surface area contributed by atoms with Crippen LogP contribution in [-0.2, 0) is 35.0 Å². The van der Waals surface area contributed by atoms with Crippen LogP contribution in [0.5, 0.6) is 11.5 Å². The van der Waals surface area contributed by atoms with E-state index in [0.717, 1.165) is 12.8 Å². The van der Waals surface area contributed by atoms with Gasteiger partial charge in [-0.2, -0.15) is 0 Å². The largest absolute Gasteiger partial charge is 0.508 e. The zero-order valence-corrected chi connectivity index (χ0v) is 21.8. The Bertz CT molecular complexity index is 871. The molecule has 1 aromatic rings. The van der Waals surface area contributed by atoms with E-state index < -0.39 is 29.6 Å². The second-order valence-corrected chi connectivity index (χ2v) is 8.46. The van der Waals surface area contributed by atoms with Crippen LogP contribution < -0.4 is 15.2 Å². The molecule has 1 atom stereocenters. The highest BCUT2D eigenvalue weighted by Gasteiger charge is 2.36. The van der Waals surface area contributed by atoms with Crippen LogP contribution in [0.4, 0.5) is 4.79 Å². The van der Waals surface area contributed by atoms with E-state index in [9.17, 15) is 19.2 Å². The molecule has 10 heteroatoms. The maximum atomic E-state index is 12.5. The predicted molar refractivity (Wildman–Crippen MR) is 132 cm³/mol. The Morgan fingerprint density at radius 1 is 0.833 bits per heavy atom. The molecule has 0 fully saturated rings. The van der Waals surface area contributed by atoms with Gasteiger partial charge in [-0.05, 0) is 37.0 Å². The van der Waals surface area contributed by atoms with Gasteiger partial charge in [-0.3, -0.25) is 14.4 Å². The van der Waals surface area contributed by atoms with Crippen molar-refractivity contribution in [3.05, 3.63) is 23.8 Å². The molecule has 0 heterocycles. The lowest BCUT2D eigenvalue weighted by Gasteiger charge is -2.26. The van der Waals surface area contributed by atoms with Crippen molar-refractivity contribution in [2.75, 3.05) is 20.3 Å². The van der Waals surface area contributed by atoms with Crippen molar-refractivity contribution in [1.29, 1.82) is 0 Å². The Morgan fingerprint density at radius 3 is 1.97 bits per heavy atom. The van der Waals surface area contributed by atoms with E-state index in [1.807, 2.05) is 20.8 Å². The quantitative estimate of drug-likeness (QED) is 0.254. The topological polar surface area (TPSA) is 140 Å². The second-order valence-electron chi connectivity index (χ2n) is 8.46. The molecule has 202 valence electrons. The highest BCUT2D eigenvalue weighted by atomic mass is 16.7. The van der Waals surface area contributed by atoms with Gasteiger partial charge in [0.1, 0.15) is 5.54 Å². The first-order valence-electron chi connectivity index (χ1n) is 12.4. The van der Waals surface area contributed by atoms with E-state index in [0.29, 0.717) is 24.8 Å². The lowest BCUT2D eigenvalue weighted by atomic mass is 9.88. The average molecular weight is 510 g/mol. The summed E-state index contributed by atoms with van der Waals surface area (Å²) in [6.07, 6.45) is 3.15. The first-order valence-corrected chi connectivity index (χ1v) is 12.4. The van der Waals surface area contributed by atoms with Crippen molar-refractivity contribution in [3.8, 4) is 11.5 Å². The van der Waals surface area contributed by atoms with Crippen molar-refractivity contribution in [1.82, 2.24) is 0 Å². The number of ether oxygens (including phenoxy) is 5. The normalized spacial score (nSPS) is 12.2. The van der Waals surface area contributed by atoms with E-state index in [-0.39, 0.29) is 50.4 Å². The summed E-state index contributed by atoms with van der Waals surface area (Å²) in [7, 11) is 1.21. The van der Waals surface area contributed by atoms with E-state index in [4.69, 9.17) is 29.4 Å². The van der Waals surface area contributed by atoms with Crippen LogP contribution in [0.15, 0.2) is 18.2 Å². The van der Waals surface area contributed by atoms with Gasteiger partial charge in [0, 0.05) is 25.7 Å². The molecule has 1 rings (SSSR count). The molecule has 0 aliphatic carbocycles. The maximum Gasteiger partial charge on any atom is 0.508 e. The van der Waals surface area contributed by atoms with Crippen LogP contribution >= 0.6 is 0 Å². The van der Waals surface area contributed by atoms with Gasteiger partial charge in [-0.1, -0.05) is 39.7 Å². The molecule has 0 amide bonds. The van der Waals surface area contributed by atoms with E-state index >= 15 is 0 Å². The van der Waals surface area contributed by atoms with Gasteiger partial charge in [0.05, 0.1) is 20.3 Å². The molecule has 10 nitrogen and oxygen atoms in total. The monoisotopic (exact) mass is 509 g/mol. The maximum absolute atomic E-state index is 12.5. The Morgan fingerprint density at radius 2 is 1.42 bits per heavy atom. The van der Waals surface area contributed by atoms with Gasteiger partial charge in [-0.15, -0.1) is 0 Å². The Labute approximate surface area is 212 Å². The molecule has 0 bridgehead atoms. The zero-order valence-electron chi connectivity index (χ0n) is 21.8. The Hall–Kier alpha value is -3.14. The van der Waals surface area contributed by atoms with Crippen LogP contribution in [0.2, 0.25) is 0 Å². The predicted octanol–water partition coefficient (Wildman–Crippen LogP) is 4.24. The molecule has 2 N–H and O–H groups in total. The molecule has 0 spiro atoms. The van der Waals surface area contributed by atoms with Crippen LogP contribution in [0.1, 0.15) is 77.7 Å². The summed E-state index contributed by atoms with van der Waals surface area (Å²) in [6.45, 7) is 5.82. The number of methoxy groups -OCH3 is 1. The standard InChI is InChI=1S/C26H39NO9/c1-5-8-10-22(28)35-20-13-12-19(17-21(20)36-23(29)11-9-6-2)18-26(27,24(30)32-4)14-16-34-25(31)33-15-7-3/h12-13,17H,5-11,14-16,18,27H2,1-4H3/t26-/m1/s1. The summed E-state index contributed by atoms with van der Waals surface area (Å²) in [6, 6.07) is 4.62. The van der Waals surface area contributed by atoms with Gasteiger partial charge in [0.15, 0.2) is 11.5 Å². The first kappa shape index (κ1) is 30.9. The number of benzene rings is 1. The lowest BCUT2D eigenvalue weighted by Crippen LogP contribution is -2.51. The zero-order chi connectivity index (χ0) is 27.0. The minimum atomic E-state index is -1.54. The smallest absolute Gasteiger partial charge is 0.468 e. The minimum absolute atomic E-state index is 0.0172. The molecule has 36 heavy (non-hydrogen) atoms. The molecule has 0 aliphatic heterocycles. The molecular weight excluding hydrogens is 470 g/mol. The lowest BCUT2D eigenvalue weighted by molar-refractivity contribution is -0.147. The number of unbranched alkanes of at least 4 members (excludes halogenated alkanes) is 2. The van der Waals surface area contributed by atoms with E-state index in [2.05, 4.69) is 0 Å². The third kappa shape index (κ3) is 11.1. The number of carbonyl (C=O) groups is 4. The highest BCUT2D eigenvalue weighted by molar-refractivity contribution is 5.81. The molecule has 0 radical (unpaired) electrons. The molecule has 1 aromatic carbocycles. The van der Waals surface area contributed by atoms with Gasteiger partial charge >= 0.3 is 24.1 Å². The van der Waals surface area contributed by atoms with Gasteiger partial charge in [0.2, 0.25) is 0 Å². The molecule has 0 aliphatic rings. The van der Waals surface area contributed by atoms with Gasteiger partial charge < -0.3 is 29.4 Å². The minimum Gasteiger partial charge on any atom is -0.468 e. The summed E-state index contributed by atoms with van der Waals surface area (Å²) < 4.78 is 25.6. The molecule has 0 saturated carbocycles. The fourth-order valence-electron chi connectivity index (χ4n) is 3.19. The summed E-state index contributed by atoms with van der Waals surface area (Å²) in [4.78, 5) is 48.6. The van der Waals surface area contributed by atoms with E-state index in [1.165, 1.54) is 19.2 Å². The summed E-state index contributed by atoms with van der Waals surface area (Å²) in [5.41, 5.74) is 5.35. The highest BCUT2D eigenvalue weighted by Crippen LogP contribution is 2.31. The van der Waals surface area contributed by atoms with Gasteiger partial charge in [-0.25, -0.2) is 4.79 Å². The number of esters is 3. The average Bonchev–Trinajstić information content (AvgIpc) is 2.85. The molecule has 0 saturated heterocycles.